The molecule has 0 bridgehead atoms. The van der Waals surface area contributed by atoms with Crippen LogP contribution in [0.15, 0.2) is 66.7 Å². The van der Waals surface area contributed by atoms with Crippen LogP contribution in [0.3, 0.4) is 0 Å². The molecule has 1 fully saturated rings. The second-order valence-electron chi connectivity index (χ2n) is 7.32. The molecule has 0 aromatic heterocycles. The molecule has 1 aliphatic heterocycles. The molecule has 1 heterocycles. The van der Waals surface area contributed by atoms with E-state index in [0.29, 0.717) is 5.56 Å². The fraction of sp³-hybridized carbons (Fsp3) is 0.364. The van der Waals surface area contributed by atoms with Crippen molar-refractivity contribution in [2.24, 2.45) is 0 Å². The number of nitrogens with zero attached hydrogens (tertiary/aromatic N) is 1. The van der Waals surface area contributed by atoms with Gasteiger partial charge in [-0.1, -0.05) is 54.6 Å². The molecule has 2 nitrogen and oxygen atoms in total. The predicted molar refractivity (Wildman–Crippen MR) is 97.5 cm³/mol. The van der Waals surface area contributed by atoms with Crippen LogP contribution in [0.1, 0.15) is 42.9 Å². The quantitative estimate of drug-likeness (QED) is 0.824. The lowest BCUT2D eigenvalue weighted by Crippen LogP contribution is -2.47. The van der Waals surface area contributed by atoms with Crippen molar-refractivity contribution in [2.45, 2.75) is 49.9 Å². The topological polar surface area (TPSA) is 23.5 Å². The molecule has 1 saturated heterocycles. The largest absolute Gasteiger partial charge is 0.387 e. The summed E-state index contributed by atoms with van der Waals surface area (Å²) < 4.78 is 13.6. The van der Waals surface area contributed by atoms with Crippen molar-refractivity contribution < 1.29 is 9.50 Å². The van der Waals surface area contributed by atoms with Crippen LogP contribution in [0.5, 0.6) is 0 Å². The van der Waals surface area contributed by atoms with Crippen molar-refractivity contribution in [3.8, 4) is 0 Å². The standard InChI is InChI=1S/C22H24FNO/c23-19-10-6-9-18(15-19)21(25)20-11-14-22(12-4-5-13-22)24(20)16-17-7-2-1-3-8-17/h1-10,15,20-21,25H,11-14,16H2/t20-,21?/m1/s1. The maximum Gasteiger partial charge on any atom is 0.123 e. The van der Waals surface area contributed by atoms with E-state index in [0.717, 1.165) is 32.2 Å². The average Bonchev–Trinajstić information content (AvgIpc) is 3.24. The zero-order valence-corrected chi connectivity index (χ0v) is 14.3. The summed E-state index contributed by atoms with van der Waals surface area (Å²) in [5.74, 6) is -0.290. The average molecular weight is 337 g/mol. The molecule has 130 valence electrons. The van der Waals surface area contributed by atoms with Gasteiger partial charge in [0, 0.05) is 18.1 Å². The summed E-state index contributed by atoms with van der Waals surface area (Å²) in [5.41, 5.74) is 2.03. The van der Waals surface area contributed by atoms with Gasteiger partial charge in [0.15, 0.2) is 0 Å². The van der Waals surface area contributed by atoms with E-state index in [-0.39, 0.29) is 17.4 Å². The van der Waals surface area contributed by atoms with Crippen LogP contribution in [0.4, 0.5) is 4.39 Å². The number of hydrogen-bond acceptors (Lipinski definition) is 2. The van der Waals surface area contributed by atoms with Gasteiger partial charge in [-0.05, 0) is 48.9 Å². The number of aliphatic hydroxyl groups excluding tert-OH is 1. The Labute approximate surface area is 148 Å². The van der Waals surface area contributed by atoms with Crippen LogP contribution in [-0.2, 0) is 6.54 Å². The van der Waals surface area contributed by atoms with Crippen LogP contribution < -0.4 is 0 Å². The lowest BCUT2D eigenvalue weighted by atomic mass is 9.93. The molecule has 25 heavy (non-hydrogen) atoms. The summed E-state index contributed by atoms with van der Waals surface area (Å²) in [6, 6.07) is 16.8. The Kier molecular flexibility index (Phi) is 4.45. The zero-order valence-electron chi connectivity index (χ0n) is 14.3. The Balaban J connectivity index is 1.63. The highest BCUT2D eigenvalue weighted by Crippen LogP contribution is 2.46. The second kappa shape index (κ2) is 6.74. The van der Waals surface area contributed by atoms with Gasteiger partial charge in [0.25, 0.3) is 0 Å². The number of likely N-dealkylation sites (tertiary alicyclic amines) is 1. The molecule has 1 unspecified atom stereocenters. The first-order chi connectivity index (χ1) is 12.2. The number of benzene rings is 2. The van der Waals surface area contributed by atoms with Gasteiger partial charge < -0.3 is 5.11 Å². The monoisotopic (exact) mass is 337 g/mol. The van der Waals surface area contributed by atoms with Crippen LogP contribution in [0.2, 0.25) is 0 Å². The Bertz CT molecular complexity index is 750. The number of aliphatic hydroxyl groups is 1. The Morgan fingerprint density at radius 1 is 1.08 bits per heavy atom. The highest BCUT2D eigenvalue weighted by molar-refractivity contribution is 5.24. The molecule has 0 radical (unpaired) electrons. The van der Waals surface area contributed by atoms with Crippen molar-refractivity contribution in [2.75, 3.05) is 0 Å². The van der Waals surface area contributed by atoms with E-state index in [4.69, 9.17) is 0 Å². The van der Waals surface area contributed by atoms with Gasteiger partial charge in [-0.3, -0.25) is 4.90 Å². The normalized spacial score (nSPS) is 23.4. The molecule has 0 amide bonds. The lowest BCUT2D eigenvalue weighted by molar-refractivity contribution is 0.0189. The van der Waals surface area contributed by atoms with E-state index in [1.807, 2.05) is 12.1 Å². The number of halogens is 1. The smallest absolute Gasteiger partial charge is 0.123 e. The van der Waals surface area contributed by atoms with Gasteiger partial charge in [-0.15, -0.1) is 0 Å². The Morgan fingerprint density at radius 3 is 2.56 bits per heavy atom. The highest BCUT2D eigenvalue weighted by Gasteiger charge is 2.48. The molecule has 1 aliphatic carbocycles. The van der Waals surface area contributed by atoms with Gasteiger partial charge >= 0.3 is 0 Å². The predicted octanol–water partition coefficient (Wildman–Crippen LogP) is 4.61. The molecule has 2 aliphatic rings. The van der Waals surface area contributed by atoms with E-state index >= 15 is 0 Å². The van der Waals surface area contributed by atoms with Crippen molar-refractivity contribution in [1.29, 1.82) is 0 Å². The molecule has 1 spiro atoms. The Hall–Kier alpha value is -1.97. The molecular formula is C22H24FNO. The summed E-state index contributed by atoms with van der Waals surface area (Å²) >= 11 is 0. The van der Waals surface area contributed by atoms with Gasteiger partial charge in [-0.25, -0.2) is 4.39 Å². The number of hydrogen-bond donors (Lipinski definition) is 1. The maximum atomic E-state index is 13.6. The van der Waals surface area contributed by atoms with Gasteiger partial charge in [0.05, 0.1) is 6.10 Å². The Morgan fingerprint density at radius 2 is 1.84 bits per heavy atom. The molecule has 3 heteroatoms. The first-order valence-corrected chi connectivity index (χ1v) is 9.07. The van der Waals surface area contributed by atoms with E-state index < -0.39 is 6.10 Å². The van der Waals surface area contributed by atoms with E-state index in [2.05, 4.69) is 41.3 Å². The highest BCUT2D eigenvalue weighted by atomic mass is 19.1. The molecule has 2 atom stereocenters. The molecular weight excluding hydrogens is 313 g/mol. The first-order valence-electron chi connectivity index (χ1n) is 9.07. The number of rotatable bonds is 4. The third kappa shape index (κ3) is 3.14. The fourth-order valence-electron chi connectivity index (χ4n) is 4.50. The fourth-order valence-corrected chi connectivity index (χ4v) is 4.50. The molecule has 0 saturated carbocycles. The zero-order chi connectivity index (χ0) is 17.3. The third-order valence-electron chi connectivity index (χ3n) is 5.83. The lowest BCUT2D eigenvalue weighted by Gasteiger charge is -2.40. The minimum absolute atomic E-state index is 0.0157. The summed E-state index contributed by atoms with van der Waals surface area (Å²) in [6.45, 7) is 0.819. The van der Waals surface area contributed by atoms with Crippen LogP contribution >= 0.6 is 0 Å². The maximum absolute atomic E-state index is 13.6. The van der Waals surface area contributed by atoms with Crippen molar-refractivity contribution in [3.05, 3.63) is 83.7 Å². The molecule has 1 N–H and O–H groups in total. The van der Waals surface area contributed by atoms with Crippen molar-refractivity contribution in [1.82, 2.24) is 4.90 Å². The van der Waals surface area contributed by atoms with Crippen molar-refractivity contribution >= 4 is 0 Å². The first kappa shape index (κ1) is 16.5. The van der Waals surface area contributed by atoms with Crippen LogP contribution in [-0.4, -0.2) is 21.6 Å². The minimum atomic E-state index is -0.667. The van der Waals surface area contributed by atoms with Gasteiger partial charge in [0.1, 0.15) is 5.82 Å². The van der Waals surface area contributed by atoms with Gasteiger partial charge in [-0.2, -0.15) is 0 Å². The van der Waals surface area contributed by atoms with Crippen molar-refractivity contribution in [3.63, 3.8) is 0 Å². The molecule has 4 rings (SSSR count). The molecule has 2 aromatic rings. The minimum Gasteiger partial charge on any atom is -0.387 e. The molecule has 2 aromatic carbocycles. The summed E-state index contributed by atoms with van der Waals surface area (Å²) in [4.78, 5) is 2.47. The van der Waals surface area contributed by atoms with Crippen LogP contribution in [0, 0.1) is 5.82 Å². The summed E-state index contributed by atoms with van der Waals surface area (Å²) in [6.07, 6.45) is 7.93. The van der Waals surface area contributed by atoms with E-state index in [9.17, 15) is 9.50 Å². The summed E-state index contributed by atoms with van der Waals surface area (Å²) in [5, 5.41) is 11.0. The third-order valence-corrected chi connectivity index (χ3v) is 5.83. The summed E-state index contributed by atoms with van der Waals surface area (Å²) in [7, 11) is 0. The second-order valence-corrected chi connectivity index (χ2v) is 7.32. The van der Waals surface area contributed by atoms with E-state index in [1.165, 1.54) is 17.7 Å². The van der Waals surface area contributed by atoms with E-state index in [1.54, 1.807) is 6.07 Å². The van der Waals surface area contributed by atoms with Gasteiger partial charge in [0.2, 0.25) is 0 Å². The van der Waals surface area contributed by atoms with Crippen LogP contribution in [0.25, 0.3) is 0 Å². The SMILES string of the molecule is OC(c1cccc(F)c1)[C@H]1CCC2(CC=CC2)N1Cc1ccccc1.